The molecule has 0 bridgehead atoms. The van der Waals surface area contributed by atoms with E-state index in [9.17, 15) is 39.6 Å². The Labute approximate surface area is 216 Å². The molecule has 2 aromatic rings. The van der Waals surface area contributed by atoms with Gasteiger partial charge in [-0.1, -0.05) is 6.07 Å². The molecule has 192 valence electrons. The second kappa shape index (κ2) is 9.78. The fourth-order valence-corrected chi connectivity index (χ4v) is 4.15. The number of aliphatic hydroxyl groups is 2. The van der Waals surface area contributed by atoms with E-state index < -0.39 is 63.8 Å². The van der Waals surface area contributed by atoms with E-state index in [2.05, 4.69) is 10.6 Å². The minimum atomic E-state index is -2.88. The molecule has 11 nitrogen and oxygen atoms in total. The van der Waals surface area contributed by atoms with Crippen LogP contribution in [0.5, 0.6) is 11.5 Å². The number of likely N-dealkylation sites (N-methyl/N-ethyl adjacent to an activating group) is 1. The number of phenolic OH excluding ortho intramolecular Hbond substituents is 2. The van der Waals surface area contributed by atoms with Crippen LogP contribution >= 0.6 is 24.8 Å². The van der Waals surface area contributed by atoms with Gasteiger partial charge in [0.2, 0.25) is 23.2 Å². The van der Waals surface area contributed by atoms with E-state index in [0.717, 1.165) is 6.08 Å². The highest BCUT2D eigenvalue weighted by Gasteiger charge is 2.57. The van der Waals surface area contributed by atoms with E-state index in [4.69, 9.17) is 5.73 Å². The molecular weight excluding hydrogens is 517 g/mol. The Morgan fingerprint density at radius 3 is 2.31 bits per heavy atom. The van der Waals surface area contributed by atoms with Crippen LogP contribution in [-0.4, -0.2) is 62.5 Å². The Balaban J connectivity index is 0.00000228. The molecule has 2 amide bonds. The summed E-state index contributed by atoms with van der Waals surface area (Å²) in [6, 6.07) is 3.73. The van der Waals surface area contributed by atoms with Crippen LogP contribution < -0.4 is 16.4 Å². The topological polar surface area (TPSA) is 199 Å². The Morgan fingerprint density at radius 2 is 1.72 bits per heavy atom. The molecule has 0 spiro atoms. The number of hydrogen-bond donors (Lipinski definition) is 7. The first kappa shape index (κ1) is 28.6. The standard InChI is InChI=1S/C23H21N3O8.2ClH/c1-8(25-2)22(33)26-12-4-3-9-5-10-6-11-7-13(27)16(21(24)32)20(31)23(11,34)19(30)15(10)18(29)14(9)17(12)28;;/h3-8,16,25,27-29,34H,1-2H3,(H2,24,32)(H,26,33);2*1H. The number of primary amides is 1. The highest BCUT2D eigenvalue weighted by molar-refractivity contribution is 6.30. The first-order valence-electron chi connectivity index (χ1n) is 10.2. The predicted molar refractivity (Wildman–Crippen MR) is 135 cm³/mol. The highest BCUT2D eigenvalue weighted by atomic mass is 35.5. The van der Waals surface area contributed by atoms with Gasteiger partial charge in [0.05, 0.1) is 22.7 Å². The lowest BCUT2D eigenvalue weighted by Gasteiger charge is -2.36. The van der Waals surface area contributed by atoms with Crippen molar-refractivity contribution in [3.05, 3.63) is 46.7 Å². The number of ketones is 2. The molecular formula is C23H23Cl2N3O8. The number of amides is 2. The second-order valence-corrected chi connectivity index (χ2v) is 8.16. The number of carbonyl (C=O) groups is 4. The molecule has 0 saturated carbocycles. The van der Waals surface area contributed by atoms with Crippen molar-refractivity contribution in [1.29, 1.82) is 0 Å². The van der Waals surface area contributed by atoms with Crippen LogP contribution in [0.15, 0.2) is 35.6 Å². The van der Waals surface area contributed by atoms with Crippen LogP contribution in [0.3, 0.4) is 0 Å². The Morgan fingerprint density at radius 1 is 1.08 bits per heavy atom. The van der Waals surface area contributed by atoms with Crippen molar-refractivity contribution in [3.8, 4) is 11.5 Å². The van der Waals surface area contributed by atoms with Gasteiger partial charge < -0.3 is 36.8 Å². The van der Waals surface area contributed by atoms with Gasteiger partial charge in [-0.05, 0) is 49.2 Å². The molecule has 2 aliphatic rings. The fourth-order valence-electron chi connectivity index (χ4n) is 4.15. The molecule has 0 aliphatic heterocycles. The second-order valence-electron chi connectivity index (χ2n) is 8.16. The lowest BCUT2D eigenvalue weighted by molar-refractivity contribution is -0.140. The maximum atomic E-state index is 13.3. The van der Waals surface area contributed by atoms with E-state index in [0.29, 0.717) is 0 Å². The zero-order valence-corrected chi connectivity index (χ0v) is 20.5. The van der Waals surface area contributed by atoms with E-state index >= 15 is 0 Å². The average Bonchev–Trinajstić information content (AvgIpc) is 2.77. The number of halogens is 2. The van der Waals surface area contributed by atoms with Crippen LogP contribution in [-0.2, 0) is 14.4 Å². The summed E-state index contributed by atoms with van der Waals surface area (Å²) >= 11 is 0. The van der Waals surface area contributed by atoms with E-state index in [1.807, 2.05) is 0 Å². The molecule has 0 aromatic heterocycles. The van der Waals surface area contributed by atoms with E-state index in [1.165, 1.54) is 24.3 Å². The first-order chi connectivity index (χ1) is 15.9. The number of anilines is 1. The number of nitrogens with one attached hydrogen (secondary N) is 2. The summed E-state index contributed by atoms with van der Waals surface area (Å²) in [4.78, 5) is 50.1. The number of hydrogen-bond acceptors (Lipinski definition) is 9. The third-order valence-corrected chi connectivity index (χ3v) is 6.15. The zero-order valence-electron chi connectivity index (χ0n) is 18.9. The molecule has 4 rings (SSSR count). The van der Waals surface area contributed by atoms with Crippen LogP contribution in [0.4, 0.5) is 5.69 Å². The molecule has 0 fully saturated rings. The molecule has 13 heteroatoms. The number of phenols is 2. The van der Waals surface area contributed by atoms with Gasteiger partial charge in [0.15, 0.2) is 17.5 Å². The Hall–Kier alpha value is -3.64. The number of aliphatic hydroxyl groups excluding tert-OH is 1. The SMILES string of the molecule is CNC(C)C(=O)Nc1ccc2cc3c(c(O)c2c1O)C(=O)C1(O)C(=O)C(C(N)=O)C(O)=CC1=C3.Cl.Cl. The monoisotopic (exact) mass is 539 g/mol. The number of aromatic hydroxyl groups is 2. The van der Waals surface area contributed by atoms with Gasteiger partial charge in [0.25, 0.3) is 0 Å². The number of carbonyl (C=O) groups excluding carboxylic acids is 4. The van der Waals surface area contributed by atoms with Gasteiger partial charge in [-0.15, -0.1) is 24.8 Å². The molecule has 0 saturated heterocycles. The Bertz CT molecular complexity index is 1390. The Kier molecular flexibility index (Phi) is 7.77. The number of Topliss-reactive ketones (excluding diaryl/α,β-unsaturated/α-hetero) is 2. The summed E-state index contributed by atoms with van der Waals surface area (Å²) in [5.41, 5.74) is 1.57. The smallest absolute Gasteiger partial charge is 0.241 e. The van der Waals surface area contributed by atoms with Gasteiger partial charge in [-0.2, -0.15) is 0 Å². The summed E-state index contributed by atoms with van der Waals surface area (Å²) in [6.07, 6.45) is 2.13. The maximum Gasteiger partial charge on any atom is 0.241 e. The molecule has 2 aromatic carbocycles. The number of rotatable bonds is 4. The molecule has 36 heavy (non-hydrogen) atoms. The normalized spacial score (nSPS) is 21.1. The molecule has 3 atom stereocenters. The molecule has 0 radical (unpaired) electrons. The minimum Gasteiger partial charge on any atom is -0.511 e. The first-order valence-corrected chi connectivity index (χ1v) is 10.2. The van der Waals surface area contributed by atoms with Gasteiger partial charge in [0.1, 0.15) is 11.5 Å². The largest absolute Gasteiger partial charge is 0.511 e. The van der Waals surface area contributed by atoms with Crippen LogP contribution in [0.25, 0.3) is 16.8 Å². The predicted octanol–water partition coefficient (Wildman–Crippen LogP) is 1.08. The summed E-state index contributed by atoms with van der Waals surface area (Å²) in [5.74, 6) is -8.27. The summed E-state index contributed by atoms with van der Waals surface area (Å²) in [5, 5.41) is 48.2. The lowest BCUT2D eigenvalue weighted by Crippen LogP contribution is -2.56. The van der Waals surface area contributed by atoms with Gasteiger partial charge >= 0.3 is 0 Å². The summed E-state index contributed by atoms with van der Waals surface area (Å²) in [6.45, 7) is 1.59. The number of nitrogens with two attached hydrogens (primary N) is 1. The quantitative estimate of drug-likeness (QED) is 0.219. The number of benzene rings is 2. The third-order valence-electron chi connectivity index (χ3n) is 6.15. The highest BCUT2D eigenvalue weighted by Crippen LogP contribution is 2.47. The van der Waals surface area contributed by atoms with E-state index in [1.54, 1.807) is 14.0 Å². The van der Waals surface area contributed by atoms with Crippen molar-refractivity contribution in [3.63, 3.8) is 0 Å². The fraction of sp³-hybridized carbons (Fsp3) is 0.217. The maximum absolute atomic E-state index is 13.3. The lowest BCUT2D eigenvalue weighted by atomic mass is 9.68. The van der Waals surface area contributed by atoms with Crippen molar-refractivity contribution < 1.29 is 39.6 Å². The molecule has 8 N–H and O–H groups in total. The van der Waals surface area contributed by atoms with Crippen LogP contribution in [0, 0.1) is 5.92 Å². The van der Waals surface area contributed by atoms with Crippen molar-refractivity contribution in [2.75, 3.05) is 12.4 Å². The summed E-state index contributed by atoms with van der Waals surface area (Å²) < 4.78 is 0. The van der Waals surface area contributed by atoms with Crippen LogP contribution in [0.1, 0.15) is 22.8 Å². The molecule has 2 aliphatic carbocycles. The van der Waals surface area contributed by atoms with Gasteiger partial charge in [-0.3, -0.25) is 19.2 Å². The van der Waals surface area contributed by atoms with Gasteiger partial charge in [0, 0.05) is 5.57 Å². The van der Waals surface area contributed by atoms with Crippen molar-refractivity contribution in [1.82, 2.24) is 5.32 Å². The third kappa shape index (κ3) is 3.95. The van der Waals surface area contributed by atoms with Gasteiger partial charge in [-0.25, -0.2) is 0 Å². The van der Waals surface area contributed by atoms with Crippen LogP contribution in [0.2, 0.25) is 0 Å². The zero-order chi connectivity index (χ0) is 25.1. The number of fused-ring (bicyclic) bond motifs is 3. The van der Waals surface area contributed by atoms with E-state index in [-0.39, 0.29) is 52.4 Å². The van der Waals surface area contributed by atoms with Crippen molar-refractivity contribution in [2.24, 2.45) is 11.7 Å². The minimum absolute atomic E-state index is 0. The average molecular weight is 540 g/mol. The van der Waals surface area contributed by atoms with Crippen molar-refractivity contribution >= 4 is 70.7 Å². The molecule has 3 unspecified atom stereocenters. The summed E-state index contributed by atoms with van der Waals surface area (Å²) in [7, 11) is 1.57. The van der Waals surface area contributed by atoms with Crippen molar-refractivity contribution in [2.45, 2.75) is 18.6 Å². The molecule has 0 heterocycles.